The van der Waals surface area contributed by atoms with Gasteiger partial charge in [0, 0.05) is 26.1 Å². The molecule has 2 aromatic heterocycles. The van der Waals surface area contributed by atoms with Crippen LogP contribution in [0.15, 0.2) is 40.0 Å². The van der Waals surface area contributed by atoms with E-state index in [0.717, 1.165) is 16.7 Å². The van der Waals surface area contributed by atoms with Gasteiger partial charge in [0.1, 0.15) is 17.8 Å². The number of nitrogens with zero attached hydrogens (tertiary/aromatic N) is 4. The summed E-state index contributed by atoms with van der Waals surface area (Å²) in [4.78, 5) is 43.8. The first kappa shape index (κ1) is 23.1. The molecule has 178 valence electrons. The number of benzene rings is 1. The van der Waals surface area contributed by atoms with E-state index in [1.165, 1.54) is 25.6 Å². The van der Waals surface area contributed by atoms with Crippen LogP contribution in [0.3, 0.4) is 0 Å². The molecule has 12 heteroatoms. The van der Waals surface area contributed by atoms with Gasteiger partial charge >= 0.3 is 0 Å². The minimum atomic E-state index is -1.03. The number of anilines is 1. The van der Waals surface area contributed by atoms with Crippen molar-refractivity contribution >= 4 is 17.5 Å². The number of likely N-dealkylation sites (tertiary alicyclic amines) is 1. The number of hydrogen-bond acceptors (Lipinski definition) is 7. The Morgan fingerprint density at radius 3 is 2.79 bits per heavy atom. The second-order valence-electron chi connectivity index (χ2n) is 8.00. The fourth-order valence-electron chi connectivity index (χ4n) is 3.94. The fourth-order valence-corrected chi connectivity index (χ4v) is 3.94. The number of aromatic nitrogens is 3. The average Bonchev–Trinajstić information content (AvgIpc) is 3.33. The molecule has 3 aromatic rings. The Hall–Kier alpha value is -4.09. The van der Waals surface area contributed by atoms with E-state index in [2.05, 4.69) is 20.0 Å². The summed E-state index contributed by atoms with van der Waals surface area (Å²) >= 11 is 0. The molecule has 0 unspecified atom stereocenters. The quantitative estimate of drug-likeness (QED) is 0.579. The fraction of sp³-hybridized carbons (Fsp3) is 0.318. The highest BCUT2D eigenvalue weighted by Gasteiger charge is 2.30. The van der Waals surface area contributed by atoms with Crippen LogP contribution in [0, 0.1) is 11.6 Å². The molecule has 4 rings (SSSR count). The Kier molecular flexibility index (Phi) is 6.39. The van der Waals surface area contributed by atoms with Crippen LogP contribution >= 0.6 is 0 Å². The summed E-state index contributed by atoms with van der Waals surface area (Å²) < 4.78 is 32.4. The molecular formula is C22H21F2N5O5. The van der Waals surface area contributed by atoms with Crippen molar-refractivity contribution in [2.45, 2.75) is 25.2 Å². The van der Waals surface area contributed by atoms with E-state index in [-0.39, 0.29) is 36.3 Å². The van der Waals surface area contributed by atoms with E-state index in [4.69, 9.17) is 0 Å². The van der Waals surface area contributed by atoms with Gasteiger partial charge in [-0.25, -0.2) is 13.8 Å². The molecule has 1 aromatic carbocycles. The van der Waals surface area contributed by atoms with Crippen molar-refractivity contribution in [2.24, 2.45) is 7.05 Å². The predicted molar refractivity (Wildman–Crippen MR) is 114 cm³/mol. The summed E-state index contributed by atoms with van der Waals surface area (Å²) in [5.74, 6) is -4.07. The SMILES string of the molecule is Cn1c([C@H]2CCCN(C(=O)Cc3ccc(F)c(F)c3)C2)nc(C(=O)Nc2cnoc2)c(O)c1=O. The Morgan fingerprint density at radius 2 is 2.09 bits per heavy atom. The zero-order valence-electron chi connectivity index (χ0n) is 18.1. The van der Waals surface area contributed by atoms with E-state index >= 15 is 0 Å². The number of nitrogens with one attached hydrogen (secondary N) is 1. The van der Waals surface area contributed by atoms with Crippen LogP contribution in [0.4, 0.5) is 14.5 Å². The van der Waals surface area contributed by atoms with Crippen molar-refractivity contribution in [2.75, 3.05) is 18.4 Å². The number of piperidine rings is 1. The summed E-state index contributed by atoms with van der Waals surface area (Å²) in [6.07, 6.45) is 3.50. The molecule has 0 aliphatic carbocycles. The molecule has 1 fully saturated rings. The standard InChI is InChI=1S/C22H21F2N5O5/c1-28-20(27-18(19(31)22(28)33)21(32)26-14-9-25-34-11-14)13-3-2-6-29(10-13)17(30)8-12-4-5-15(23)16(24)7-12/h4-5,7,9,11,13,31H,2-3,6,8,10H2,1H3,(H,26,32)/t13-/m0/s1. The van der Waals surface area contributed by atoms with Gasteiger partial charge in [0.05, 0.1) is 12.6 Å². The molecule has 1 atom stereocenters. The minimum Gasteiger partial charge on any atom is -0.501 e. The van der Waals surface area contributed by atoms with Crippen LogP contribution in [0.1, 0.15) is 40.6 Å². The van der Waals surface area contributed by atoms with Gasteiger partial charge in [-0.1, -0.05) is 11.2 Å². The number of hydrogen-bond donors (Lipinski definition) is 2. The molecule has 0 radical (unpaired) electrons. The Labute approximate surface area is 191 Å². The van der Waals surface area contributed by atoms with E-state index in [1.54, 1.807) is 4.90 Å². The van der Waals surface area contributed by atoms with E-state index in [1.807, 2.05) is 0 Å². The summed E-state index contributed by atoms with van der Waals surface area (Å²) in [7, 11) is 1.42. The van der Waals surface area contributed by atoms with Crippen LogP contribution < -0.4 is 10.9 Å². The first-order valence-electron chi connectivity index (χ1n) is 10.5. The molecule has 0 bridgehead atoms. The highest BCUT2D eigenvalue weighted by atomic mass is 19.2. The van der Waals surface area contributed by atoms with E-state index in [9.17, 15) is 28.3 Å². The minimum absolute atomic E-state index is 0.113. The van der Waals surface area contributed by atoms with Gasteiger partial charge < -0.3 is 19.8 Å². The zero-order chi connectivity index (χ0) is 24.4. The summed E-state index contributed by atoms with van der Waals surface area (Å²) in [5.41, 5.74) is -0.691. The van der Waals surface area contributed by atoms with E-state index < -0.39 is 34.5 Å². The number of halogens is 2. The lowest BCUT2D eigenvalue weighted by atomic mass is 9.96. The van der Waals surface area contributed by atoms with Crippen LogP contribution in [-0.2, 0) is 18.3 Å². The molecule has 0 spiro atoms. The molecule has 2 amide bonds. The molecule has 1 aliphatic heterocycles. The summed E-state index contributed by atoms with van der Waals surface area (Å²) in [5, 5.41) is 16.1. The third kappa shape index (κ3) is 4.65. The highest BCUT2D eigenvalue weighted by molar-refractivity contribution is 6.04. The van der Waals surface area contributed by atoms with Crippen LogP contribution in [-0.4, -0.2) is 49.6 Å². The van der Waals surface area contributed by atoms with Crippen molar-refractivity contribution in [1.29, 1.82) is 0 Å². The van der Waals surface area contributed by atoms with Crippen LogP contribution in [0.25, 0.3) is 0 Å². The maximum absolute atomic E-state index is 13.5. The third-order valence-electron chi connectivity index (χ3n) is 5.69. The monoisotopic (exact) mass is 473 g/mol. The number of aromatic hydroxyl groups is 1. The van der Waals surface area contributed by atoms with Gasteiger partial charge in [-0.05, 0) is 30.5 Å². The van der Waals surface area contributed by atoms with Gasteiger partial charge in [0.2, 0.25) is 11.7 Å². The maximum atomic E-state index is 13.5. The second kappa shape index (κ2) is 9.41. The van der Waals surface area contributed by atoms with Crippen molar-refractivity contribution in [3.05, 3.63) is 69.7 Å². The molecule has 3 heterocycles. The Balaban J connectivity index is 1.55. The molecule has 10 nitrogen and oxygen atoms in total. The molecule has 2 N–H and O–H groups in total. The normalized spacial score (nSPS) is 15.9. The first-order chi connectivity index (χ1) is 16.2. The van der Waals surface area contributed by atoms with Crippen molar-refractivity contribution in [1.82, 2.24) is 19.6 Å². The third-order valence-corrected chi connectivity index (χ3v) is 5.69. The van der Waals surface area contributed by atoms with Crippen molar-refractivity contribution in [3.63, 3.8) is 0 Å². The summed E-state index contributed by atoms with van der Waals surface area (Å²) in [6.45, 7) is 0.659. The highest BCUT2D eigenvalue weighted by Crippen LogP contribution is 2.27. The van der Waals surface area contributed by atoms with E-state index in [0.29, 0.717) is 24.9 Å². The van der Waals surface area contributed by atoms with Gasteiger partial charge in [-0.2, -0.15) is 0 Å². The molecule has 0 saturated carbocycles. The van der Waals surface area contributed by atoms with Crippen LogP contribution in [0.5, 0.6) is 5.75 Å². The number of carbonyl (C=O) groups excluding carboxylic acids is 2. The lowest BCUT2D eigenvalue weighted by Gasteiger charge is -2.33. The second-order valence-corrected chi connectivity index (χ2v) is 8.00. The maximum Gasteiger partial charge on any atom is 0.296 e. The zero-order valence-corrected chi connectivity index (χ0v) is 18.1. The average molecular weight is 473 g/mol. The molecular weight excluding hydrogens is 452 g/mol. The first-order valence-corrected chi connectivity index (χ1v) is 10.5. The van der Waals surface area contributed by atoms with Crippen LogP contribution in [0.2, 0.25) is 0 Å². The largest absolute Gasteiger partial charge is 0.501 e. The Morgan fingerprint density at radius 1 is 1.29 bits per heavy atom. The summed E-state index contributed by atoms with van der Waals surface area (Å²) in [6, 6.07) is 3.31. The molecule has 34 heavy (non-hydrogen) atoms. The lowest BCUT2D eigenvalue weighted by Crippen LogP contribution is -2.41. The van der Waals surface area contributed by atoms with Gasteiger partial charge in [-0.15, -0.1) is 0 Å². The number of rotatable bonds is 5. The topological polar surface area (TPSA) is 131 Å². The van der Waals surface area contributed by atoms with Gasteiger partial charge in [0.15, 0.2) is 17.3 Å². The molecule has 1 saturated heterocycles. The smallest absolute Gasteiger partial charge is 0.296 e. The number of amides is 2. The lowest BCUT2D eigenvalue weighted by molar-refractivity contribution is -0.131. The van der Waals surface area contributed by atoms with Crippen molar-refractivity contribution < 1.29 is 28.0 Å². The molecule has 1 aliphatic rings. The number of carbonyl (C=O) groups is 2. The van der Waals surface area contributed by atoms with Gasteiger partial charge in [0.25, 0.3) is 11.5 Å². The predicted octanol–water partition coefficient (Wildman–Crippen LogP) is 1.95. The van der Waals surface area contributed by atoms with Gasteiger partial charge in [-0.3, -0.25) is 19.0 Å². The Bertz CT molecular complexity index is 1290. The van der Waals surface area contributed by atoms with Crippen molar-refractivity contribution in [3.8, 4) is 5.75 Å².